The number of halogens is 1. The van der Waals surface area contributed by atoms with Gasteiger partial charge in [0.15, 0.2) is 0 Å². The van der Waals surface area contributed by atoms with E-state index in [-0.39, 0.29) is 5.91 Å². The lowest BCUT2D eigenvalue weighted by atomic mass is 10.1. The molecule has 0 unspecified atom stereocenters. The maximum Gasteiger partial charge on any atom is 0.259 e. The topological polar surface area (TPSA) is 83.6 Å². The summed E-state index contributed by atoms with van der Waals surface area (Å²) in [5.74, 6) is 0.729. The second kappa shape index (κ2) is 7.46. The molecule has 0 spiro atoms. The Labute approximate surface area is 148 Å². The number of pyridine rings is 1. The Balaban J connectivity index is 1.60. The highest BCUT2D eigenvalue weighted by Gasteiger charge is 2.10. The molecule has 24 heavy (non-hydrogen) atoms. The number of hydrogen-bond donors (Lipinski definition) is 2. The van der Waals surface area contributed by atoms with Crippen molar-refractivity contribution in [2.45, 2.75) is 17.8 Å². The van der Waals surface area contributed by atoms with Crippen LogP contribution in [0.25, 0.3) is 0 Å². The predicted octanol–water partition coefficient (Wildman–Crippen LogP) is 3.71. The minimum absolute atomic E-state index is 0.294. The summed E-state index contributed by atoms with van der Waals surface area (Å²) in [5.41, 5.74) is 2.85. The second-order valence-electron chi connectivity index (χ2n) is 5.01. The molecule has 0 atom stereocenters. The minimum Gasteiger partial charge on any atom is -0.291 e. The van der Waals surface area contributed by atoms with Crippen LogP contribution in [-0.2, 0) is 5.75 Å². The van der Waals surface area contributed by atoms with Gasteiger partial charge in [0.25, 0.3) is 5.91 Å². The van der Waals surface area contributed by atoms with Crippen LogP contribution in [0.15, 0.2) is 47.8 Å². The first-order chi connectivity index (χ1) is 11.6. The number of anilines is 1. The summed E-state index contributed by atoms with van der Waals surface area (Å²) in [4.78, 5) is 20.2. The van der Waals surface area contributed by atoms with Crippen molar-refractivity contribution in [1.29, 1.82) is 0 Å². The third kappa shape index (κ3) is 4.12. The van der Waals surface area contributed by atoms with Gasteiger partial charge in [0, 0.05) is 11.9 Å². The van der Waals surface area contributed by atoms with Crippen LogP contribution in [0.5, 0.6) is 0 Å². The van der Waals surface area contributed by atoms with Crippen molar-refractivity contribution in [3.05, 3.63) is 64.4 Å². The van der Waals surface area contributed by atoms with Crippen LogP contribution in [0.2, 0.25) is 5.15 Å². The van der Waals surface area contributed by atoms with Crippen LogP contribution in [0.1, 0.15) is 21.5 Å². The smallest absolute Gasteiger partial charge is 0.259 e. The molecule has 0 radical (unpaired) electrons. The van der Waals surface area contributed by atoms with Crippen molar-refractivity contribution in [3.63, 3.8) is 0 Å². The average molecular weight is 360 g/mol. The molecular formula is C16H14ClN5OS. The van der Waals surface area contributed by atoms with Gasteiger partial charge in [-0.1, -0.05) is 47.6 Å². The molecule has 3 aromatic rings. The first-order valence-electron chi connectivity index (χ1n) is 7.14. The standard InChI is InChI=1S/C16H14ClN5OS/c1-10-4-2-3-5-12(10)9-24-16-20-15(21-22-16)19-14(23)11-6-7-13(17)18-8-11/h2-8H,9H2,1H3,(H2,19,20,21,22,23). The summed E-state index contributed by atoms with van der Waals surface area (Å²) < 4.78 is 0. The number of nitrogens with zero attached hydrogens (tertiary/aromatic N) is 3. The molecule has 6 nitrogen and oxygen atoms in total. The lowest BCUT2D eigenvalue weighted by molar-refractivity contribution is 0.102. The normalized spacial score (nSPS) is 10.6. The summed E-state index contributed by atoms with van der Waals surface area (Å²) in [6, 6.07) is 11.3. The van der Waals surface area contributed by atoms with Crippen molar-refractivity contribution in [1.82, 2.24) is 20.2 Å². The van der Waals surface area contributed by atoms with E-state index in [2.05, 4.69) is 44.5 Å². The van der Waals surface area contributed by atoms with Crippen molar-refractivity contribution in [2.24, 2.45) is 0 Å². The van der Waals surface area contributed by atoms with Gasteiger partial charge in [0.2, 0.25) is 11.1 Å². The zero-order valence-electron chi connectivity index (χ0n) is 12.8. The molecule has 3 rings (SSSR count). The van der Waals surface area contributed by atoms with Gasteiger partial charge in [-0.15, -0.1) is 5.10 Å². The molecular weight excluding hydrogens is 346 g/mol. The highest BCUT2D eigenvalue weighted by molar-refractivity contribution is 7.98. The summed E-state index contributed by atoms with van der Waals surface area (Å²) in [5, 5.41) is 10.4. The number of carbonyl (C=O) groups is 1. The maximum atomic E-state index is 12.1. The van der Waals surface area contributed by atoms with E-state index in [1.54, 1.807) is 12.1 Å². The fraction of sp³-hybridized carbons (Fsp3) is 0.125. The largest absolute Gasteiger partial charge is 0.291 e. The molecule has 8 heteroatoms. The molecule has 1 amide bonds. The van der Waals surface area contributed by atoms with E-state index in [4.69, 9.17) is 11.6 Å². The number of H-pyrrole nitrogens is 1. The lowest BCUT2D eigenvalue weighted by Gasteiger charge is -2.02. The molecule has 2 aromatic heterocycles. The van der Waals surface area contributed by atoms with E-state index in [1.165, 1.54) is 29.1 Å². The van der Waals surface area contributed by atoms with E-state index in [1.807, 2.05) is 12.1 Å². The minimum atomic E-state index is -0.328. The molecule has 0 aliphatic carbocycles. The molecule has 2 N–H and O–H groups in total. The lowest BCUT2D eigenvalue weighted by Crippen LogP contribution is -2.13. The third-order valence-corrected chi connectivity index (χ3v) is 4.42. The Morgan fingerprint density at radius 3 is 2.88 bits per heavy atom. The highest BCUT2D eigenvalue weighted by atomic mass is 35.5. The molecule has 0 aliphatic heterocycles. The fourth-order valence-corrected chi connectivity index (χ4v) is 2.96. The first kappa shape index (κ1) is 16.5. The Morgan fingerprint density at radius 2 is 2.12 bits per heavy atom. The summed E-state index contributed by atoms with van der Waals surface area (Å²) in [6.45, 7) is 2.07. The Morgan fingerprint density at radius 1 is 1.29 bits per heavy atom. The van der Waals surface area contributed by atoms with Crippen molar-refractivity contribution >= 4 is 35.2 Å². The van der Waals surface area contributed by atoms with Crippen molar-refractivity contribution in [2.75, 3.05) is 5.32 Å². The molecule has 0 saturated heterocycles. The van der Waals surface area contributed by atoms with Gasteiger partial charge in [0.05, 0.1) is 5.56 Å². The zero-order valence-corrected chi connectivity index (χ0v) is 14.4. The van der Waals surface area contributed by atoms with Crippen LogP contribution >= 0.6 is 23.4 Å². The van der Waals surface area contributed by atoms with Gasteiger partial charge < -0.3 is 0 Å². The molecule has 0 aliphatic rings. The van der Waals surface area contributed by atoms with Gasteiger partial charge in [-0.05, 0) is 30.2 Å². The maximum absolute atomic E-state index is 12.1. The molecule has 0 bridgehead atoms. The number of amides is 1. The number of aromatic nitrogens is 4. The molecule has 0 fully saturated rings. The monoisotopic (exact) mass is 359 g/mol. The Kier molecular flexibility index (Phi) is 5.12. The van der Waals surface area contributed by atoms with Crippen LogP contribution in [0.3, 0.4) is 0 Å². The zero-order chi connectivity index (χ0) is 16.9. The summed E-state index contributed by atoms with van der Waals surface area (Å²) in [7, 11) is 0. The molecule has 2 heterocycles. The average Bonchev–Trinajstić information content (AvgIpc) is 3.02. The fourth-order valence-electron chi connectivity index (χ4n) is 1.97. The van der Waals surface area contributed by atoms with E-state index < -0.39 is 0 Å². The number of carbonyl (C=O) groups excluding carboxylic acids is 1. The van der Waals surface area contributed by atoms with Gasteiger partial charge in [0.1, 0.15) is 5.15 Å². The van der Waals surface area contributed by atoms with Crippen LogP contribution < -0.4 is 5.32 Å². The van der Waals surface area contributed by atoms with Crippen molar-refractivity contribution in [3.8, 4) is 0 Å². The number of hydrogen-bond acceptors (Lipinski definition) is 5. The number of thioether (sulfide) groups is 1. The van der Waals surface area contributed by atoms with E-state index >= 15 is 0 Å². The first-order valence-corrected chi connectivity index (χ1v) is 8.51. The second-order valence-corrected chi connectivity index (χ2v) is 6.34. The molecule has 1 aromatic carbocycles. The number of nitrogens with one attached hydrogen (secondary N) is 2. The summed E-state index contributed by atoms with van der Waals surface area (Å²) in [6.07, 6.45) is 1.40. The molecule has 0 saturated carbocycles. The van der Waals surface area contributed by atoms with Crippen LogP contribution in [0.4, 0.5) is 5.95 Å². The quantitative estimate of drug-likeness (QED) is 0.536. The van der Waals surface area contributed by atoms with E-state index in [0.717, 1.165) is 5.75 Å². The Hall–Kier alpha value is -2.38. The van der Waals surface area contributed by atoms with Gasteiger partial charge in [-0.25, -0.2) is 10.1 Å². The third-order valence-electron chi connectivity index (χ3n) is 3.30. The van der Waals surface area contributed by atoms with Crippen LogP contribution in [-0.4, -0.2) is 26.1 Å². The SMILES string of the molecule is Cc1ccccc1CSc1n[nH]c(NC(=O)c2ccc(Cl)nc2)n1. The number of benzene rings is 1. The van der Waals surface area contributed by atoms with Gasteiger partial charge in [-0.3, -0.25) is 10.1 Å². The molecule has 122 valence electrons. The predicted molar refractivity (Wildman–Crippen MR) is 94.3 cm³/mol. The van der Waals surface area contributed by atoms with E-state index in [9.17, 15) is 4.79 Å². The van der Waals surface area contributed by atoms with Gasteiger partial charge in [-0.2, -0.15) is 4.98 Å². The summed E-state index contributed by atoms with van der Waals surface area (Å²) >= 11 is 7.20. The number of rotatable bonds is 5. The number of aromatic amines is 1. The number of aryl methyl sites for hydroxylation is 1. The van der Waals surface area contributed by atoms with Crippen LogP contribution in [0, 0.1) is 6.92 Å². The van der Waals surface area contributed by atoms with E-state index in [0.29, 0.717) is 21.8 Å². The van der Waals surface area contributed by atoms with Gasteiger partial charge >= 0.3 is 0 Å². The van der Waals surface area contributed by atoms with Crippen molar-refractivity contribution < 1.29 is 4.79 Å². The Bertz CT molecular complexity index is 850. The highest BCUT2D eigenvalue weighted by Crippen LogP contribution is 2.22.